The highest BCUT2D eigenvalue weighted by atomic mass is 16.5. The third kappa shape index (κ3) is 2.54. The highest BCUT2D eigenvalue weighted by Gasteiger charge is 2.39. The monoisotopic (exact) mass is 212 g/mol. The lowest BCUT2D eigenvalue weighted by Crippen LogP contribution is -2.41. The molecule has 2 fully saturated rings. The molecule has 1 N–H and O–H groups in total. The Hall–Kier alpha value is -0.0800. The fourth-order valence-corrected chi connectivity index (χ4v) is 3.26. The van der Waals surface area contributed by atoms with Crippen LogP contribution >= 0.6 is 0 Å². The molecular weight excluding hydrogens is 188 g/mol. The summed E-state index contributed by atoms with van der Waals surface area (Å²) >= 11 is 0. The lowest BCUT2D eigenvalue weighted by atomic mass is 9.67. The fraction of sp³-hybridized carbons (Fsp3) is 1.00. The van der Waals surface area contributed by atoms with E-state index in [1.807, 2.05) is 0 Å². The molecule has 15 heavy (non-hydrogen) atoms. The van der Waals surface area contributed by atoms with E-state index in [1.165, 1.54) is 32.1 Å². The summed E-state index contributed by atoms with van der Waals surface area (Å²) in [4.78, 5) is 0. The molecule has 0 aromatic carbocycles. The molecule has 2 aliphatic rings. The quantitative estimate of drug-likeness (QED) is 0.762. The van der Waals surface area contributed by atoms with Crippen molar-refractivity contribution in [2.45, 2.75) is 58.0 Å². The fourth-order valence-electron chi connectivity index (χ4n) is 3.26. The molecule has 0 bridgehead atoms. The molecule has 0 radical (unpaired) electrons. The molecule has 0 aromatic heterocycles. The van der Waals surface area contributed by atoms with Gasteiger partial charge in [0, 0.05) is 13.2 Å². The van der Waals surface area contributed by atoms with E-state index in [-0.39, 0.29) is 11.5 Å². The summed E-state index contributed by atoms with van der Waals surface area (Å²) in [6, 6.07) is 0. The Balaban J connectivity index is 1.94. The second kappa shape index (κ2) is 4.84. The maximum absolute atomic E-state index is 10.5. The maximum Gasteiger partial charge on any atom is 0.0623 e. The topological polar surface area (TPSA) is 29.5 Å². The Labute approximate surface area is 93.0 Å². The number of aliphatic hydroxyl groups excluding tert-OH is 1. The summed E-state index contributed by atoms with van der Waals surface area (Å²) in [7, 11) is 0. The van der Waals surface area contributed by atoms with Gasteiger partial charge >= 0.3 is 0 Å². The van der Waals surface area contributed by atoms with Crippen LogP contribution in [-0.2, 0) is 4.74 Å². The van der Waals surface area contributed by atoms with Gasteiger partial charge in [0.15, 0.2) is 0 Å². The van der Waals surface area contributed by atoms with Crippen molar-refractivity contribution < 1.29 is 9.84 Å². The van der Waals surface area contributed by atoms with Crippen molar-refractivity contribution in [3.05, 3.63) is 0 Å². The number of aliphatic hydroxyl groups is 1. The van der Waals surface area contributed by atoms with Gasteiger partial charge in [-0.25, -0.2) is 0 Å². The molecule has 88 valence electrons. The van der Waals surface area contributed by atoms with Gasteiger partial charge < -0.3 is 9.84 Å². The number of hydrogen-bond acceptors (Lipinski definition) is 2. The lowest BCUT2D eigenvalue weighted by molar-refractivity contribution is -0.0655. The lowest BCUT2D eigenvalue weighted by Gasteiger charge is -2.42. The van der Waals surface area contributed by atoms with Crippen LogP contribution in [0, 0.1) is 11.3 Å². The van der Waals surface area contributed by atoms with Crippen molar-refractivity contribution in [3.8, 4) is 0 Å². The summed E-state index contributed by atoms with van der Waals surface area (Å²) in [5.74, 6) is 0.488. The van der Waals surface area contributed by atoms with Gasteiger partial charge in [-0.15, -0.1) is 0 Å². The van der Waals surface area contributed by atoms with Crippen LogP contribution in [0.5, 0.6) is 0 Å². The summed E-state index contributed by atoms with van der Waals surface area (Å²) in [6.45, 7) is 3.97. The highest BCUT2D eigenvalue weighted by Crippen LogP contribution is 2.42. The van der Waals surface area contributed by atoms with E-state index >= 15 is 0 Å². The minimum absolute atomic E-state index is 0.0956. The van der Waals surface area contributed by atoms with Crippen molar-refractivity contribution in [2.24, 2.45) is 11.3 Å². The van der Waals surface area contributed by atoms with Crippen LogP contribution in [0.3, 0.4) is 0 Å². The van der Waals surface area contributed by atoms with Crippen molar-refractivity contribution in [2.75, 3.05) is 13.2 Å². The normalized spacial score (nSPS) is 30.0. The van der Waals surface area contributed by atoms with Gasteiger partial charge in [-0.05, 0) is 37.0 Å². The summed E-state index contributed by atoms with van der Waals surface area (Å²) in [5, 5.41) is 10.5. The van der Waals surface area contributed by atoms with Gasteiger partial charge in [0.25, 0.3) is 0 Å². The Bertz CT molecular complexity index is 191. The van der Waals surface area contributed by atoms with E-state index < -0.39 is 0 Å². The predicted molar refractivity (Wildman–Crippen MR) is 60.7 cm³/mol. The first-order chi connectivity index (χ1) is 7.22. The Morgan fingerprint density at radius 3 is 2.33 bits per heavy atom. The second-order valence-electron chi connectivity index (χ2n) is 5.61. The smallest absolute Gasteiger partial charge is 0.0623 e. The van der Waals surface area contributed by atoms with Crippen LogP contribution in [0.25, 0.3) is 0 Å². The van der Waals surface area contributed by atoms with E-state index in [4.69, 9.17) is 4.74 Å². The van der Waals surface area contributed by atoms with Crippen molar-refractivity contribution in [1.29, 1.82) is 0 Å². The zero-order valence-electron chi connectivity index (χ0n) is 9.87. The molecule has 0 spiro atoms. The van der Waals surface area contributed by atoms with E-state index in [9.17, 15) is 5.11 Å². The molecule has 1 heterocycles. The first-order valence-corrected chi connectivity index (χ1v) is 6.48. The van der Waals surface area contributed by atoms with Crippen molar-refractivity contribution >= 4 is 0 Å². The predicted octanol–water partition coefficient (Wildman–Crippen LogP) is 2.74. The Morgan fingerprint density at radius 1 is 1.13 bits per heavy atom. The molecule has 1 aliphatic heterocycles. The van der Waals surface area contributed by atoms with E-state index in [0.29, 0.717) is 5.92 Å². The highest BCUT2D eigenvalue weighted by molar-refractivity contribution is 4.89. The maximum atomic E-state index is 10.5. The van der Waals surface area contributed by atoms with Gasteiger partial charge in [-0.2, -0.15) is 0 Å². The molecule has 2 heteroatoms. The number of rotatable bonds is 2. The van der Waals surface area contributed by atoms with Crippen LogP contribution in [0.4, 0.5) is 0 Å². The molecule has 1 aliphatic carbocycles. The van der Waals surface area contributed by atoms with Crippen LogP contribution in [0.15, 0.2) is 0 Å². The van der Waals surface area contributed by atoms with E-state index in [2.05, 4.69) is 6.92 Å². The van der Waals surface area contributed by atoms with Crippen LogP contribution in [-0.4, -0.2) is 24.4 Å². The van der Waals surface area contributed by atoms with Crippen LogP contribution in [0.1, 0.15) is 51.9 Å². The Morgan fingerprint density at radius 2 is 1.73 bits per heavy atom. The molecule has 1 saturated carbocycles. The van der Waals surface area contributed by atoms with Gasteiger partial charge in [-0.3, -0.25) is 0 Å². The minimum Gasteiger partial charge on any atom is -0.392 e. The molecule has 1 atom stereocenters. The van der Waals surface area contributed by atoms with E-state index in [0.717, 1.165) is 26.1 Å². The van der Waals surface area contributed by atoms with Crippen molar-refractivity contribution in [3.63, 3.8) is 0 Å². The van der Waals surface area contributed by atoms with Gasteiger partial charge in [0.05, 0.1) is 6.10 Å². The molecule has 1 saturated heterocycles. The first kappa shape index (κ1) is 11.4. The second-order valence-corrected chi connectivity index (χ2v) is 5.61. The summed E-state index contributed by atoms with van der Waals surface area (Å²) < 4.78 is 5.36. The summed E-state index contributed by atoms with van der Waals surface area (Å²) in [5.41, 5.74) is 0.195. The largest absolute Gasteiger partial charge is 0.392 e. The van der Waals surface area contributed by atoms with Crippen molar-refractivity contribution in [1.82, 2.24) is 0 Å². The van der Waals surface area contributed by atoms with E-state index in [1.54, 1.807) is 0 Å². The standard InChI is InChI=1S/C13H24O2/c1-13(7-3-2-4-8-13)12(14)11-5-9-15-10-6-11/h11-12,14H,2-10H2,1H3. The zero-order valence-corrected chi connectivity index (χ0v) is 9.87. The average molecular weight is 212 g/mol. The third-order valence-corrected chi connectivity index (χ3v) is 4.42. The van der Waals surface area contributed by atoms with Crippen LogP contribution in [0.2, 0.25) is 0 Å². The number of hydrogen-bond donors (Lipinski definition) is 1. The molecule has 1 unspecified atom stereocenters. The minimum atomic E-state index is -0.0956. The van der Waals surface area contributed by atoms with Gasteiger partial charge in [-0.1, -0.05) is 26.2 Å². The molecule has 2 nitrogen and oxygen atoms in total. The van der Waals surface area contributed by atoms with Gasteiger partial charge in [0.2, 0.25) is 0 Å². The third-order valence-electron chi connectivity index (χ3n) is 4.42. The molecule has 0 aromatic rings. The Kier molecular flexibility index (Phi) is 3.68. The summed E-state index contributed by atoms with van der Waals surface area (Å²) in [6.07, 6.45) is 8.40. The van der Waals surface area contributed by atoms with Crippen LogP contribution < -0.4 is 0 Å². The SMILES string of the molecule is CC1(C(O)C2CCOCC2)CCCCC1. The molecule has 2 rings (SSSR count). The molecule has 0 amide bonds. The molecular formula is C13H24O2. The van der Waals surface area contributed by atoms with Gasteiger partial charge in [0.1, 0.15) is 0 Å². The average Bonchev–Trinajstić information content (AvgIpc) is 2.30. The first-order valence-electron chi connectivity index (χ1n) is 6.48. The number of ether oxygens (including phenoxy) is 1. The zero-order chi connectivity index (χ0) is 10.7.